The predicted octanol–water partition coefficient (Wildman–Crippen LogP) is 6.83. The highest BCUT2D eigenvalue weighted by atomic mass is 32.2. The van der Waals surface area contributed by atoms with Crippen LogP contribution in [-0.2, 0) is 11.4 Å². The van der Waals surface area contributed by atoms with Gasteiger partial charge in [-0.25, -0.2) is 4.98 Å². The van der Waals surface area contributed by atoms with E-state index in [1.165, 1.54) is 0 Å². The Labute approximate surface area is 228 Å². The van der Waals surface area contributed by atoms with Gasteiger partial charge in [0, 0.05) is 29.4 Å². The van der Waals surface area contributed by atoms with E-state index >= 15 is 0 Å². The van der Waals surface area contributed by atoms with Gasteiger partial charge in [-0.3, -0.25) is 9.59 Å². The molecule has 0 saturated heterocycles. The number of unbranched alkanes of at least 4 members (excludes halogenated alkanes) is 2. The number of fused-ring (bicyclic) bond motifs is 1. The fourth-order valence-electron chi connectivity index (χ4n) is 5.31. The molecule has 6 nitrogen and oxygen atoms in total. The number of thioether (sulfide) groups is 1. The quantitative estimate of drug-likeness (QED) is 0.180. The lowest BCUT2D eigenvalue weighted by molar-refractivity contribution is -0.118. The number of allylic oxidation sites excluding steroid dienone is 2. The van der Waals surface area contributed by atoms with Crippen molar-refractivity contribution in [1.82, 2.24) is 9.97 Å². The van der Waals surface area contributed by atoms with Crippen LogP contribution >= 0.6 is 11.8 Å². The molecule has 5 rings (SSSR count). The molecule has 2 N–H and O–H groups in total. The van der Waals surface area contributed by atoms with Crippen molar-refractivity contribution in [3.05, 3.63) is 92.9 Å². The fourth-order valence-corrected chi connectivity index (χ4v) is 6.18. The maximum Gasteiger partial charge on any atom is 0.257 e. The van der Waals surface area contributed by atoms with E-state index in [9.17, 15) is 9.59 Å². The molecule has 0 bridgehead atoms. The Kier molecular flexibility index (Phi) is 7.75. The predicted molar refractivity (Wildman–Crippen MR) is 153 cm³/mol. The van der Waals surface area contributed by atoms with E-state index in [0.717, 1.165) is 54.0 Å². The Hall–Kier alpha value is -3.32. The molecule has 198 valence electrons. The molecule has 1 aliphatic carbocycles. The number of ether oxygens (including phenoxy) is 1. The summed E-state index contributed by atoms with van der Waals surface area (Å²) in [6, 6.07) is 17.8. The summed E-state index contributed by atoms with van der Waals surface area (Å²) in [5.74, 6) is 1.82. The lowest BCUT2D eigenvalue weighted by Crippen LogP contribution is -2.37. The second-order valence-corrected chi connectivity index (χ2v) is 12.0. The number of carbonyl (C=O) groups excluding carboxylic acids is 1. The summed E-state index contributed by atoms with van der Waals surface area (Å²) < 4.78 is 5.98. The molecule has 7 heteroatoms. The zero-order valence-corrected chi connectivity index (χ0v) is 23.1. The number of aromatic amines is 1. The van der Waals surface area contributed by atoms with Gasteiger partial charge in [-0.05, 0) is 41.5 Å². The second kappa shape index (κ2) is 11.2. The summed E-state index contributed by atoms with van der Waals surface area (Å²) in [6.07, 6.45) is 4.56. The molecule has 0 fully saturated rings. The number of nitrogens with one attached hydrogen (secondary N) is 2. The fraction of sp³-hybridized carbons (Fsp3) is 0.387. The minimum absolute atomic E-state index is 0.0845. The number of aromatic nitrogens is 2. The normalized spacial score (nSPS) is 18.0. The van der Waals surface area contributed by atoms with Crippen molar-refractivity contribution >= 4 is 23.4 Å². The van der Waals surface area contributed by atoms with Crippen LogP contribution in [0.2, 0.25) is 0 Å². The maximum absolute atomic E-state index is 13.5. The summed E-state index contributed by atoms with van der Waals surface area (Å²) in [5.41, 5.74) is 3.70. The highest BCUT2D eigenvalue weighted by Gasteiger charge is 2.42. The van der Waals surface area contributed by atoms with Gasteiger partial charge in [-0.15, -0.1) is 0 Å². The van der Waals surface area contributed by atoms with E-state index in [0.29, 0.717) is 35.1 Å². The summed E-state index contributed by atoms with van der Waals surface area (Å²) in [7, 11) is 0. The largest absolute Gasteiger partial charge is 0.489 e. The molecule has 1 aliphatic heterocycles. The van der Waals surface area contributed by atoms with E-state index in [1.807, 2.05) is 54.6 Å². The number of hydrogen-bond donors (Lipinski definition) is 2. The van der Waals surface area contributed by atoms with Gasteiger partial charge in [0.2, 0.25) is 0 Å². The number of benzene rings is 2. The monoisotopic (exact) mass is 529 g/mol. The summed E-state index contributed by atoms with van der Waals surface area (Å²) >= 11 is 1.57. The minimum Gasteiger partial charge on any atom is -0.489 e. The van der Waals surface area contributed by atoms with Gasteiger partial charge in [-0.1, -0.05) is 87.8 Å². The number of carbonyl (C=O) groups is 1. The number of ketones is 1. The highest BCUT2D eigenvalue weighted by molar-refractivity contribution is 7.99. The molecule has 2 aromatic carbocycles. The molecule has 2 aliphatic rings. The van der Waals surface area contributed by atoms with Gasteiger partial charge < -0.3 is 15.0 Å². The molecule has 0 saturated carbocycles. The van der Waals surface area contributed by atoms with Crippen molar-refractivity contribution in [2.24, 2.45) is 5.41 Å². The number of anilines is 1. The summed E-state index contributed by atoms with van der Waals surface area (Å²) in [5, 5.41) is 4.02. The zero-order chi connectivity index (χ0) is 26.7. The summed E-state index contributed by atoms with van der Waals surface area (Å²) in [6.45, 7) is 6.87. The van der Waals surface area contributed by atoms with Crippen LogP contribution < -0.4 is 15.6 Å². The SMILES string of the molecule is CCCCCSc1nc2c(c(=O)[nH]1)C(c1ccc(OCc3ccccc3)cc1)C1=C(CC(C)(C)CC1=O)N2. The van der Waals surface area contributed by atoms with E-state index in [2.05, 4.69) is 31.1 Å². The Morgan fingerprint density at radius 2 is 1.79 bits per heavy atom. The standard InChI is InChI=1S/C31H35N3O3S/c1-4-5-9-16-38-30-33-28-27(29(36)34-30)25(26-23(32-28)17-31(2,3)18-24(26)35)21-12-14-22(15-13-21)37-19-20-10-7-6-8-11-20/h6-8,10-15,25H,4-5,9,16-19H2,1-3H3,(H2,32,33,34,36). The zero-order valence-electron chi connectivity index (χ0n) is 22.3. The van der Waals surface area contributed by atoms with Crippen LogP contribution in [0.3, 0.4) is 0 Å². The Balaban J connectivity index is 1.48. The van der Waals surface area contributed by atoms with Crippen molar-refractivity contribution in [1.29, 1.82) is 0 Å². The lowest BCUT2D eigenvalue weighted by Gasteiger charge is -2.38. The van der Waals surface area contributed by atoms with Gasteiger partial charge in [0.25, 0.3) is 5.56 Å². The number of nitrogens with zero attached hydrogens (tertiary/aromatic N) is 1. The first-order chi connectivity index (χ1) is 18.3. The van der Waals surface area contributed by atoms with Crippen LogP contribution in [0.15, 0.2) is 75.8 Å². The van der Waals surface area contributed by atoms with E-state index in [1.54, 1.807) is 11.8 Å². The van der Waals surface area contributed by atoms with Crippen molar-refractivity contribution < 1.29 is 9.53 Å². The highest BCUT2D eigenvalue weighted by Crippen LogP contribution is 2.47. The molecule has 0 spiro atoms. The van der Waals surface area contributed by atoms with Gasteiger partial charge in [0.15, 0.2) is 10.9 Å². The van der Waals surface area contributed by atoms with Crippen LogP contribution in [-0.4, -0.2) is 21.5 Å². The number of hydrogen-bond acceptors (Lipinski definition) is 6. The van der Waals surface area contributed by atoms with Crippen LogP contribution in [0.5, 0.6) is 5.75 Å². The average Bonchev–Trinajstić information content (AvgIpc) is 2.89. The Morgan fingerprint density at radius 1 is 1.03 bits per heavy atom. The Bertz CT molecular complexity index is 1390. The van der Waals surface area contributed by atoms with Gasteiger partial charge >= 0.3 is 0 Å². The lowest BCUT2D eigenvalue weighted by atomic mass is 9.69. The first-order valence-electron chi connectivity index (χ1n) is 13.4. The smallest absolute Gasteiger partial charge is 0.257 e. The number of H-pyrrole nitrogens is 1. The Morgan fingerprint density at radius 3 is 2.53 bits per heavy atom. The molecule has 1 atom stereocenters. The van der Waals surface area contributed by atoms with Crippen molar-refractivity contribution in [3.63, 3.8) is 0 Å². The maximum atomic E-state index is 13.5. The third-order valence-corrected chi connectivity index (χ3v) is 8.11. The molecule has 3 aromatic rings. The van der Waals surface area contributed by atoms with E-state index in [-0.39, 0.29) is 16.8 Å². The molecule has 38 heavy (non-hydrogen) atoms. The van der Waals surface area contributed by atoms with Crippen LogP contribution in [0.4, 0.5) is 5.82 Å². The van der Waals surface area contributed by atoms with E-state index < -0.39 is 5.92 Å². The first kappa shape index (κ1) is 26.3. The van der Waals surface area contributed by atoms with Gasteiger partial charge in [0.1, 0.15) is 18.2 Å². The molecule has 2 heterocycles. The third kappa shape index (κ3) is 5.73. The average molecular weight is 530 g/mol. The topological polar surface area (TPSA) is 84.1 Å². The third-order valence-electron chi connectivity index (χ3n) is 7.15. The van der Waals surface area contributed by atoms with E-state index in [4.69, 9.17) is 9.72 Å². The van der Waals surface area contributed by atoms with Crippen molar-refractivity contribution in [3.8, 4) is 5.75 Å². The molecule has 1 aromatic heterocycles. The van der Waals surface area contributed by atoms with Crippen molar-refractivity contribution in [2.45, 2.75) is 70.6 Å². The summed E-state index contributed by atoms with van der Waals surface area (Å²) in [4.78, 5) is 34.8. The molecule has 0 amide bonds. The van der Waals surface area contributed by atoms with Gasteiger partial charge in [-0.2, -0.15) is 0 Å². The second-order valence-electron chi connectivity index (χ2n) is 10.9. The number of Topliss-reactive ketones (excluding diaryl/α,β-unsaturated/α-hetero) is 1. The molecular weight excluding hydrogens is 494 g/mol. The molecule has 0 radical (unpaired) electrons. The van der Waals surface area contributed by atoms with Crippen molar-refractivity contribution in [2.75, 3.05) is 11.1 Å². The van der Waals surface area contributed by atoms with Crippen LogP contribution in [0, 0.1) is 5.41 Å². The molecular formula is C31H35N3O3S. The number of rotatable bonds is 9. The van der Waals surface area contributed by atoms with Crippen LogP contribution in [0.1, 0.15) is 75.5 Å². The minimum atomic E-state index is -0.469. The van der Waals surface area contributed by atoms with Gasteiger partial charge in [0.05, 0.1) is 5.56 Å². The molecule has 1 unspecified atom stereocenters. The van der Waals surface area contributed by atoms with Crippen LogP contribution in [0.25, 0.3) is 0 Å². The first-order valence-corrected chi connectivity index (χ1v) is 14.4.